The smallest absolute Gasteiger partial charge is 0.306 e. The molecule has 0 saturated carbocycles. The van der Waals surface area contributed by atoms with Gasteiger partial charge in [0.15, 0.2) is 0 Å². The lowest BCUT2D eigenvalue weighted by Crippen LogP contribution is -2.04. The molecule has 3 rings (SSSR count). The van der Waals surface area contributed by atoms with E-state index in [0.29, 0.717) is 26.1 Å². The highest BCUT2D eigenvalue weighted by Crippen LogP contribution is 2.25. The van der Waals surface area contributed by atoms with Gasteiger partial charge in [-0.15, -0.1) is 0 Å². The minimum absolute atomic E-state index is 0.164. The van der Waals surface area contributed by atoms with Crippen molar-refractivity contribution in [2.75, 3.05) is 6.61 Å². The molecule has 1 heterocycles. The second kappa shape index (κ2) is 7.68. The quantitative estimate of drug-likeness (QED) is 0.662. The van der Waals surface area contributed by atoms with Gasteiger partial charge >= 0.3 is 5.97 Å². The van der Waals surface area contributed by atoms with Crippen molar-refractivity contribution >= 4 is 16.9 Å². The third-order valence-electron chi connectivity index (χ3n) is 3.89. The zero-order valence-corrected chi connectivity index (χ0v) is 13.7. The van der Waals surface area contributed by atoms with Crippen LogP contribution < -0.4 is 4.74 Å². The Morgan fingerprint density at radius 2 is 1.96 bits per heavy atom. The number of carbonyl (C=O) groups excluding carboxylic acids is 1. The molecule has 0 spiro atoms. The molecular weight excluding hydrogens is 302 g/mol. The standard InChI is InChI=1S/C20H21NO3/c1-2-23-20(22)11-8-16-13-21-19-10-9-17(12-18(16)19)24-14-15-6-4-3-5-7-15/h3-7,9-10,12-13,21H,2,8,11,14H2,1H3. The predicted molar refractivity (Wildman–Crippen MR) is 94.0 cm³/mol. The highest BCUT2D eigenvalue weighted by Gasteiger charge is 2.09. The Kier molecular flexibility index (Phi) is 5.16. The number of H-pyrrole nitrogens is 1. The van der Waals surface area contributed by atoms with Crippen molar-refractivity contribution in [3.05, 3.63) is 65.9 Å². The molecule has 0 saturated heterocycles. The lowest BCUT2D eigenvalue weighted by molar-refractivity contribution is -0.143. The fourth-order valence-electron chi connectivity index (χ4n) is 2.66. The number of aromatic nitrogens is 1. The van der Waals surface area contributed by atoms with Gasteiger partial charge < -0.3 is 14.5 Å². The first-order chi connectivity index (χ1) is 11.8. The number of ether oxygens (including phenoxy) is 2. The van der Waals surface area contributed by atoms with E-state index in [2.05, 4.69) is 4.98 Å². The van der Waals surface area contributed by atoms with Crippen LogP contribution in [0, 0.1) is 0 Å². The zero-order chi connectivity index (χ0) is 16.8. The predicted octanol–water partition coefficient (Wildman–Crippen LogP) is 4.24. The molecule has 0 aliphatic heterocycles. The molecule has 2 aromatic carbocycles. The number of hydrogen-bond donors (Lipinski definition) is 1. The normalized spacial score (nSPS) is 10.7. The molecule has 0 aliphatic rings. The maximum absolute atomic E-state index is 11.5. The number of rotatable bonds is 7. The lowest BCUT2D eigenvalue weighted by Gasteiger charge is -2.07. The number of nitrogens with one attached hydrogen (secondary N) is 1. The molecule has 3 aromatic rings. The molecule has 1 N–H and O–H groups in total. The van der Waals surface area contributed by atoms with E-state index in [0.717, 1.165) is 27.8 Å². The molecule has 0 bridgehead atoms. The number of aryl methyl sites for hydroxylation is 1. The Morgan fingerprint density at radius 1 is 1.12 bits per heavy atom. The van der Waals surface area contributed by atoms with Crippen molar-refractivity contribution in [2.45, 2.75) is 26.4 Å². The van der Waals surface area contributed by atoms with Crippen LogP contribution in [-0.4, -0.2) is 17.6 Å². The fraction of sp³-hybridized carbons (Fsp3) is 0.250. The monoisotopic (exact) mass is 323 g/mol. The van der Waals surface area contributed by atoms with Crippen LogP contribution in [0.15, 0.2) is 54.7 Å². The minimum atomic E-state index is -0.164. The summed E-state index contributed by atoms with van der Waals surface area (Å²) in [4.78, 5) is 14.8. The average molecular weight is 323 g/mol. The number of aromatic amines is 1. The molecule has 0 aliphatic carbocycles. The van der Waals surface area contributed by atoms with Gasteiger partial charge in [0.2, 0.25) is 0 Å². The summed E-state index contributed by atoms with van der Waals surface area (Å²) in [5.74, 6) is 0.659. The third-order valence-corrected chi connectivity index (χ3v) is 3.89. The van der Waals surface area contributed by atoms with E-state index in [1.165, 1.54) is 0 Å². The summed E-state index contributed by atoms with van der Waals surface area (Å²) in [6.45, 7) is 2.78. The van der Waals surface area contributed by atoms with Crippen molar-refractivity contribution in [3.63, 3.8) is 0 Å². The second-order valence-electron chi connectivity index (χ2n) is 5.60. The molecule has 4 nitrogen and oxygen atoms in total. The van der Waals surface area contributed by atoms with Crippen LogP contribution in [0.2, 0.25) is 0 Å². The van der Waals surface area contributed by atoms with Gasteiger partial charge in [-0.2, -0.15) is 0 Å². The van der Waals surface area contributed by atoms with Crippen molar-refractivity contribution in [2.24, 2.45) is 0 Å². The molecule has 124 valence electrons. The van der Waals surface area contributed by atoms with Crippen LogP contribution in [-0.2, 0) is 22.6 Å². The number of esters is 1. The van der Waals surface area contributed by atoms with Crippen LogP contribution in [0.1, 0.15) is 24.5 Å². The van der Waals surface area contributed by atoms with Gasteiger partial charge in [-0.05, 0) is 42.7 Å². The van der Waals surface area contributed by atoms with Gasteiger partial charge in [-0.1, -0.05) is 30.3 Å². The molecule has 0 fully saturated rings. The first kappa shape index (κ1) is 16.1. The summed E-state index contributed by atoms with van der Waals surface area (Å²) in [5, 5.41) is 1.09. The van der Waals surface area contributed by atoms with E-state index < -0.39 is 0 Å². The van der Waals surface area contributed by atoms with E-state index in [1.54, 1.807) is 0 Å². The summed E-state index contributed by atoms with van der Waals surface area (Å²) in [7, 11) is 0. The SMILES string of the molecule is CCOC(=O)CCc1c[nH]c2ccc(OCc3ccccc3)cc12. The Balaban J connectivity index is 1.70. The summed E-state index contributed by atoms with van der Waals surface area (Å²) in [6, 6.07) is 16.1. The maximum Gasteiger partial charge on any atom is 0.306 e. The highest BCUT2D eigenvalue weighted by atomic mass is 16.5. The van der Waals surface area contributed by atoms with E-state index >= 15 is 0 Å². The molecule has 1 aromatic heterocycles. The largest absolute Gasteiger partial charge is 0.489 e. The molecule has 0 radical (unpaired) electrons. The van der Waals surface area contributed by atoms with Crippen LogP contribution in [0.3, 0.4) is 0 Å². The number of carbonyl (C=O) groups is 1. The van der Waals surface area contributed by atoms with Gasteiger partial charge in [-0.3, -0.25) is 4.79 Å². The highest BCUT2D eigenvalue weighted by molar-refractivity contribution is 5.85. The summed E-state index contributed by atoms with van der Waals surface area (Å²) < 4.78 is 10.9. The van der Waals surface area contributed by atoms with Crippen molar-refractivity contribution in [1.29, 1.82) is 0 Å². The Bertz CT molecular complexity index is 808. The Labute approximate surface area is 141 Å². The minimum Gasteiger partial charge on any atom is -0.489 e. The van der Waals surface area contributed by atoms with Gasteiger partial charge in [0.05, 0.1) is 6.61 Å². The Morgan fingerprint density at radius 3 is 2.75 bits per heavy atom. The third kappa shape index (κ3) is 3.96. The van der Waals surface area contributed by atoms with E-state index in [4.69, 9.17) is 9.47 Å². The van der Waals surface area contributed by atoms with Crippen molar-refractivity contribution in [1.82, 2.24) is 4.98 Å². The first-order valence-corrected chi connectivity index (χ1v) is 8.18. The Hall–Kier alpha value is -2.75. The van der Waals surface area contributed by atoms with Crippen molar-refractivity contribution in [3.8, 4) is 5.75 Å². The maximum atomic E-state index is 11.5. The fourth-order valence-corrected chi connectivity index (χ4v) is 2.66. The first-order valence-electron chi connectivity index (χ1n) is 8.18. The molecular formula is C20H21NO3. The lowest BCUT2D eigenvalue weighted by atomic mass is 10.1. The topological polar surface area (TPSA) is 51.3 Å². The van der Waals surface area contributed by atoms with Crippen LogP contribution in [0.5, 0.6) is 5.75 Å². The zero-order valence-electron chi connectivity index (χ0n) is 13.7. The summed E-state index contributed by atoms with van der Waals surface area (Å²) >= 11 is 0. The van der Waals surface area contributed by atoms with Gasteiger partial charge in [0, 0.05) is 23.5 Å². The van der Waals surface area contributed by atoms with Crippen molar-refractivity contribution < 1.29 is 14.3 Å². The number of benzene rings is 2. The second-order valence-corrected chi connectivity index (χ2v) is 5.60. The van der Waals surface area contributed by atoms with Gasteiger partial charge in [-0.25, -0.2) is 0 Å². The summed E-state index contributed by atoms with van der Waals surface area (Å²) in [6.07, 6.45) is 2.99. The average Bonchev–Trinajstić information content (AvgIpc) is 3.02. The molecule has 4 heteroatoms. The van der Waals surface area contributed by atoms with Crippen LogP contribution >= 0.6 is 0 Å². The molecule has 0 amide bonds. The van der Waals surface area contributed by atoms with Gasteiger partial charge in [0.1, 0.15) is 12.4 Å². The van der Waals surface area contributed by atoms with E-state index in [-0.39, 0.29) is 5.97 Å². The molecule has 0 atom stereocenters. The number of hydrogen-bond acceptors (Lipinski definition) is 3. The van der Waals surface area contributed by atoms with E-state index in [1.807, 2.05) is 61.7 Å². The number of fused-ring (bicyclic) bond motifs is 1. The molecule has 0 unspecified atom stereocenters. The van der Waals surface area contributed by atoms with Crippen LogP contribution in [0.4, 0.5) is 0 Å². The summed E-state index contributed by atoms with van der Waals surface area (Å²) in [5.41, 5.74) is 3.28. The van der Waals surface area contributed by atoms with E-state index in [9.17, 15) is 4.79 Å². The van der Waals surface area contributed by atoms with Crippen LogP contribution in [0.25, 0.3) is 10.9 Å². The molecule has 24 heavy (non-hydrogen) atoms. The van der Waals surface area contributed by atoms with Gasteiger partial charge in [0.25, 0.3) is 0 Å².